The highest BCUT2D eigenvalue weighted by atomic mass is 16.5. The van der Waals surface area contributed by atoms with Crippen molar-refractivity contribution in [1.82, 2.24) is 15.1 Å². The zero-order valence-corrected chi connectivity index (χ0v) is 14.3. The highest BCUT2D eigenvalue weighted by Crippen LogP contribution is 2.26. The van der Waals surface area contributed by atoms with Crippen LogP contribution in [-0.4, -0.2) is 34.4 Å². The first-order chi connectivity index (χ1) is 10.5. The van der Waals surface area contributed by atoms with E-state index in [2.05, 4.69) is 17.3 Å². The quantitative estimate of drug-likeness (QED) is 0.879. The molecule has 5 nitrogen and oxygen atoms in total. The van der Waals surface area contributed by atoms with Crippen molar-refractivity contribution < 1.29 is 9.53 Å². The number of amides is 1. The van der Waals surface area contributed by atoms with Crippen LogP contribution in [-0.2, 0) is 16.1 Å². The Morgan fingerprint density at radius 2 is 2.18 bits per heavy atom. The number of ether oxygens (including phenoxy) is 1. The van der Waals surface area contributed by atoms with Crippen molar-refractivity contribution in [3.8, 4) is 0 Å². The number of aryl methyl sites for hydroxylation is 2. The normalized spacial score (nSPS) is 23.3. The maximum Gasteiger partial charge on any atom is 0.246 e. The second-order valence-corrected chi connectivity index (χ2v) is 6.69. The van der Waals surface area contributed by atoms with Crippen LogP contribution in [0.3, 0.4) is 0 Å². The fourth-order valence-electron chi connectivity index (χ4n) is 3.19. The molecule has 124 valence electrons. The van der Waals surface area contributed by atoms with E-state index in [-0.39, 0.29) is 24.7 Å². The molecule has 0 spiro atoms. The summed E-state index contributed by atoms with van der Waals surface area (Å²) in [6.07, 6.45) is 5.03. The molecule has 22 heavy (non-hydrogen) atoms. The van der Waals surface area contributed by atoms with Gasteiger partial charge in [0.15, 0.2) is 0 Å². The lowest BCUT2D eigenvalue weighted by Crippen LogP contribution is -2.39. The first-order valence-electron chi connectivity index (χ1n) is 8.37. The lowest BCUT2D eigenvalue weighted by Gasteiger charge is -2.28. The lowest BCUT2D eigenvalue weighted by molar-refractivity contribution is -0.130. The second-order valence-electron chi connectivity index (χ2n) is 6.69. The van der Waals surface area contributed by atoms with E-state index in [1.807, 2.05) is 31.5 Å². The summed E-state index contributed by atoms with van der Waals surface area (Å²) in [5, 5.41) is 7.42. The zero-order valence-electron chi connectivity index (χ0n) is 14.3. The number of nitrogens with zero attached hydrogens (tertiary/aromatic N) is 2. The Balaban J connectivity index is 1.73. The molecule has 1 fully saturated rings. The van der Waals surface area contributed by atoms with Crippen LogP contribution in [0.5, 0.6) is 0 Å². The molecule has 2 rings (SSSR count). The van der Waals surface area contributed by atoms with Gasteiger partial charge in [0.2, 0.25) is 5.91 Å². The summed E-state index contributed by atoms with van der Waals surface area (Å²) in [7, 11) is 0. The summed E-state index contributed by atoms with van der Waals surface area (Å²) in [6.45, 7) is 9.07. The zero-order chi connectivity index (χ0) is 16.1. The minimum absolute atomic E-state index is 0.0354. The smallest absolute Gasteiger partial charge is 0.246 e. The third-order valence-electron chi connectivity index (χ3n) is 4.42. The van der Waals surface area contributed by atoms with Gasteiger partial charge < -0.3 is 10.1 Å². The third-order valence-corrected chi connectivity index (χ3v) is 4.42. The minimum Gasteiger partial charge on any atom is -0.368 e. The topological polar surface area (TPSA) is 56.2 Å². The molecule has 1 amide bonds. The van der Waals surface area contributed by atoms with Gasteiger partial charge in [-0.2, -0.15) is 5.10 Å². The Bertz CT molecular complexity index is 498. The molecule has 0 radical (unpaired) electrons. The van der Waals surface area contributed by atoms with Gasteiger partial charge in [-0.3, -0.25) is 9.48 Å². The molecule has 1 aromatic heterocycles. The Morgan fingerprint density at radius 1 is 1.45 bits per heavy atom. The molecule has 1 heterocycles. The van der Waals surface area contributed by atoms with Crippen LogP contribution in [0.25, 0.3) is 0 Å². The van der Waals surface area contributed by atoms with Gasteiger partial charge >= 0.3 is 0 Å². The van der Waals surface area contributed by atoms with Gasteiger partial charge in [0.05, 0.1) is 18.3 Å². The molecule has 0 aromatic carbocycles. The van der Waals surface area contributed by atoms with Crippen LogP contribution in [0.15, 0.2) is 6.07 Å². The number of carbonyl (C=O) groups is 1. The van der Waals surface area contributed by atoms with Crippen LogP contribution >= 0.6 is 0 Å². The van der Waals surface area contributed by atoms with Gasteiger partial charge in [-0.1, -0.05) is 19.8 Å². The molecule has 1 N–H and O–H groups in total. The highest BCUT2D eigenvalue weighted by Gasteiger charge is 2.22. The Kier molecular flexibility index (Phi) is 6.00. The Labute approximate surface area is 133 Å². The predicted molar refractivity (Wildman–Crippen MR) is 86.7 cm³/mol. The van der Waals surface area contributed by atoms with Crippen LogP contribution < -0.4 is 5.32 Å². The van der Waals surface area contributed by atoms with Crippen molar-refractivity contribution in [2.75, 3.05) is 6.61 Å². The van der Waals surface area contributed by atoms with E-state index in [0.717, 1.165) is 17.8 Å². The first kappa shape index (κ1) is 17.0. The van der Waals surface area contributed by atoms with E-state index < -0.39 is 0 Å². The van der Waals surface area contributed by atoms with Crippen molar-refractivity contribution in [1.29, 1.82) is 0 Å². The largest absolute Gasteiger partial charge is 0.368 e. The molecule has 1 saturated carbocycles. The Hall–Kier alpha value is -1.36. The average molecular weight is 307 g/mol. The second kappa shape index (κ2) is 7.77. The maximum absolute atomic E-state index is 12.0. The summed E-state index contributed by atoms with van der Waals surface area (Å²) in [6, 6.07) is 2.08. The molecule has 3 unspecified atom stereocenters. The highest BCUT2D eigenvalue weighted by molar-refractivity contribution is 5.77. The number of hydrogen-bond acceptors (Lipinski definition) is 3. The van der Waals surface area contributed by atoms with Crippen molar-refractivity contribution >= 4 is 5.91 Å². The van der Waals surface area contributed by atoms with Crippen LogP contribution in [0.1, 0.15) is 50.9 Å². The van der Waals surface area contributed by atoms with Crippen molar-refractivity contribution in [2.45, 2.75) is 72.1 Å². The van der Waals surface area contributed by atoms with E-state index in [4.69, 9.17) is 4.74 Å². The molecule has 0 saturated heterocycles. The molecule has 5 heteroatoms. The van der Waals surface area contributed by atoms with E-state index >= 15 is 0 Å². The van der Waals surface area contributed by atoms with Gasteiger partial charge in [0.1, 0.15) is 6.61 Å². The molecular weight excluding hydrogens is 278 g/mol. The van der Waals surface area contributed by atoms with Gasteiger partial charge in [0.25, 0.3) is 0 Å². The van der Waals surface area contributed by atoms with Gasteiger partial charge in [-0.05, 0) is 45.6 Å². The molecule has 0 bridgehead atoms. The summed E-state index contributed by atoms with van der Waals surface area (Å²) in [4.78, 5) is 12.0. The molecule has 3 atom stereocenters. The summed E-state index contributed by atoms with van der Waals surface area (Å²) in [5.41, 5.74) is 2.12. The molecule has 1 aliphatic carbocycles. The average Bonchev–Trinajstić information content (AvgIpc) is 2.75. The fourth-order valence-corrected chi connectivity index (χ4v) is 3.19. The van der Waals surface area contributed by atoms with Crippen LogP contribution in [0, 0.1) is 19.8 Å². The van der Waals surface area contributed by atoms with Crippen molar-refractivity contribution in [2.24, 2.45) is 5.92 Å². The minimum atomic E-state index is -0.0354. The van der Waals surface area contributed by atoms with Crippen molar-refractivity contribution in [3.05, 3.63) is 17.5 Å². The number of rotatable bonds is 6. The standard InChI is InChI=1S/C17H29N3O2/c1-12-7-5-6-8-16(12)22-11-17(21)18-14(3)10-20-15(4)9-13(2)19-20/h9,12,14,16H,5-8,10-11H2,1-4H3,(H,18,21). The number of aromatic nitrogens is 2. The summed E-state index contributed by atoms with van der Waals surface area (Å²) < 4.78 is 7.74. The van der Waals surface area contributed by atoms with Gasteiger partial charge in [-0.25, -0.2) is 0 Å². The molecule has 1 aliphatic rings. The molecule has 0 aliphatic heterocycles. The molecule has 1 aromatic rings. The van der Waals surface area contributed by atoms with E-state index in [9.17, 15) is 4.79 Å². The SMILES string of the molecule is Cc1cc(C)n(CC(C)NC(=O)COC2CCCCC2C)n1. The van der Waals surface area contributed by atoms with E-state index in [1.165, 1.54) is 19.3 Å². The first-order valence-corrected chi connectivity index (χ1v) is 8.37. The van der Waals surface area contributed by atoms with Gasteiger partial charge in [0, 0.05) is 11.7 Å². The number of hydrogen-bond donors (Lipinski definition) is 1. The van der Waals surface area contributed by atoms with Crippen LogP contribution in [0.2, 0.25) is 0 Å². The van der Waals surface area contributed by atoms with E-state index in [1.54, 1.807) is 0 Å². The van der Waals surface area contributed by atoms with E-state index in [0.29, 0.717) is 12.5 Å². The number of carbonyl (C=O) groups excluding carboxylic acids is 1. The van der Waals surface area contributed by atoms with Crippen LogP contribution in [0.4, 0.5) is 0 Å². The third kappa shape index (κ3) is 4.83. The van der Waals surface area contributed by atoms with Crippen molar-refractivity contribution in [3.63, 3.8) is 0 Å². The predicted octanol–water partition coefficient (Wildman–Crippen LogP) is 2.60. The summed E-state index contributed by atoms with van der Waals surface area (Å²) in [5.74, 6) is 0.528. The summed E-state index contributed by atoms with van der Waals surface area (Å²) >= 11 is 0. The van der Waals surface area contributed by atoms with Gasteiger partial charge in [-0.15, -0.1) is 0 Å². The number of nitrogens with one attached hydrogen (secondary N) is 1. The molecular formula is C17H29N3O2. The monoisotopic (exact) mass is 307 g/mol. The fraction of sp³-hybridized carbons (Fsp3) is 0.765. The lowest BCUT2D eigenvalue weighted by atomic mass is 9.88. The Morgan fingerprint density at radius 3 is 2.82 bits per heavy atom. The maximum atomic E-state index is 12.0.